The van der Waals surface area contributed by atoms with Crippen molar-refractivity contribution in [1.82, 2.24) is 0 Å². The van der Waals surface area contributed by atoms with Crippen molar-refractivity contribution in [3.8, 4) is 11.5 Å². The predicted octanol–water partition coefficient (Wildman–Crippen LogP) is 4.65. The summed E-state index contributed by atoms with van der Waals surface area (Å²) in [5.74, 6) is 3.74. The van der Waals surface area contributed by atoms with E-state index in [2.05, 4.69) is 51.7 Å². The number of rotatable bonds is 0. The Kier molecular flexibility index (Phi) is 7.28. The van der Waals surface area contributed by atoms with Gasteiger partial charge in [-0.05, 0) is 19.3 Å². The van der Waals surface area contributed by atoms with E-state index in [9.17, 15) is 0 Å². The molecule has 0 N–H and O–H groups in total. The molecule has 2 atom stereocenters. The molecule has 0 aromatic heterocycles. The van der Waals surface area contributed by atoms with Gasteiger partial charge in [-0.15, -0.1) is 11.5 Å². The Morgan fingerprint density at radius 3 is 2.32 bits per heavy atom. The first-order valence-electron chi connectivity index (χ1n) is 7.21. The maximum atomic E-state index is 6.28. The topological polar surface area (TPSA) is 9.23 Å². The summed E-state index contributed by atoms with van der Waals surface area (Å²) in [4.78, 5) is 0. The van der Waals surface area contributed by atoms with Gasteiger partial charge in [-0.3, -0.25) is 0 Å². The van der Waals surface area contributed by atoms with Gasteiger partial charge in [0, 0.05) is 0 Å². The van der Waals surface area contributed by atoms with Gasteiger partial charge in [0.25, 0.3) is 0 Å². The summed E-state index contributed by atoms with van der Waals surface area (Å²) in [5, 5.41) is 0. The first kappa shape index (κ1) is 17.9. The molecule has 4 heteroatoms. The van der Waals surface area contributed by atoms with Crippen molar-refractivity contribution in [2.45, 2.75) is 69.9 Å². The Hall–Kier alpha value is 0.840. The zero-order chi connectivity index (χ0) is 14.5. The normalized spacial score (nSPS) is 29.2. The molecule has 1 aliphatic heterocycles. The second-order valence-corrected chi connectivity index (χ2v) is 11.5. The van der Waals surface area contributed by atoms with Gasteiger partial charge in [-0.1, -0.05) is 44.8 Å². The number of hydrogen-bond donors (Lipinski definition) is 0. The Morgan fingerprint density at radius 2 is 1.79 bits per heavy atom. The standard InChI is InChI=1S/C15H25OSi.BrH.Zn/c1-13-12-15(9-6-5-7-10-15)16-14(13)8-11-17(2,3)4;;/h13-14H,1,5-7,9-10,12H2,2-4H3;1H;/q-1;;+2/p-1/t13-,14-;;/m1../s1. The van der Waals surface area contributed by atoms with Crippen molar-refractivity contribution in [3.05, 3.63) is 6.92 Å². The molecule has 1 nitrogen and oxygen atoms in total. The zero-order valence-corrected chi connectivity index (χ0v) is 18.2. The number of halogens is 1. The summed E-state index contributed by atoms with van der Waals surface area (Å²) < 4.78 is 6.28. The molecule has 1 heterocycles. The van der Waals surface area contributed by atoms with Crippen LogP contribution < -0.4 is 0 Å². The van der Waals surface area contributed by atoms with Gasteiger partial charge in [0.1, 0.15) is 8.07 Å². The third-order valence-corrected chi connectivity index (χ3v) is 4.69. The molecule has 0 unspecified atom stereocenters. The third-order valence-electron chi connectivity index (χ3n) is 3.79. The molecule has 0 bridgehead atoms. The van der Waals surface area contributed by atoms with E-state index in [0.29, 0.717) is 5.92 Å². The van der Waals surface area contributed by atoms with Crippen LogP contribution in [0, 0.1) is 24.3 Å². The molecular weight excluding hydrogens is 370 g/mol. The molecular formula is C15H25BrOSiZn. The minimum absolute atomic E-state index is 0.0971. The van der Waals surface area contributed by atoms with E-state index in [1.807, 2.05) is 0 Å². The van der Waals surface area contributed by atoms with Gasteiger partial charge in [0.05, 0.1) is 11.7 Å². The van der Waals surface area contributed by atoms with E-state index in [-0.39, 0.29) is 11.7 Å². The summed E-state index contributed by atoms with van der Waals surface area (Å²) in [6.45, 7) is 11.1. The average molecular weight is 395 g/mol. The van der Waals surface area contributed by atoms with Crippen LogP contribution in [0.2, 0.25) is 19.6 Å². The average Bonchev–Trinajstić information content (AvgIpc) is 2.66. The van der Waals surface area contributed by atoms with E-state index in [4.69, 9.17) is 4.74 Å². The summed E-state index contributed by atoms with van der Waals surface area (Å²) >= 11 is 4.25. The van der Waals surface area contributed by atoms with Crippen molar-refractivity contribution in [2.24, 2.45) is 5.92 Å². The molecule has 19 heavy (non-hydrogen) atoms. The van der Waals surface area contributed by atoms with Crippen molar-refractivity contribution in [2.75, 3.05) is 0 Å². The van der Waals surface area contributed by atoms with Gasteiger partial charge >= 0.3 is 30.0 Å². The first-order valence-corrected chi connectivity index (χ1v) is 17.7. The minimum atomic E-state index is -1.28. The van der Waals surface area contributed by atoms with Gasteiger partial charge in [0.15, 0.2) is 0 Å². The summed E-state index contributed by atoms with van der Waals surface area (Å²) in [5.41, 5.74) is 3.58. The van der Waals surface area contributed by atoms with E-state index in [1.165, 1.54) is 48.4 Å². The summed E-state index contributed by atoms with van der Waals surface area (Å²) in [6, 6.07) is 0. The molecule has 0 aromatic rings. The van der Waals surface area contributed by atoms with Crippen LogP contribution in [0.5, 0.6) is 0 Å². The van der Waals surface area contributed by atoms with Crippen LogP contribution in [-0.4, -0.2) is 19.8 Å². The van der Waals surface area contributed by atoms with Crippen LogP contribution in [0.25, 0.3) is 0 Å². The molecule has 0 amide bonds. The molecule has 1 spiro atoms. The van der Waals surface area contributed by atoms with Gasteiger partial charge in [0.2, 0.25) is 0 Å². The second kappa shape index (κ2) is 7.74. The van der Waals surface area contributed by atoms with Gasteiger partial charge in [-0.25, -0.2) is 0 Å². The number of hydrogen-bond acceptors (Lipinski definition) is 1. The maximum absolute atomic E-state index is 6.28. The van der Waals surface area contributed by atoms with Crippen molar-refractivity contribution in [1.29, 1.82) is 0 Å². The number of ether oxygens (including phenoxy) is 1. The molecule has 2 rings (SSSR count). The van der Waals surface area contributed by atoms with E-state index >= 15 is 0 Å². The Labute approximate surface area is 136 Å². The predicted molar refractivity (Wildman–Crippen MR) is 84.2 cm³/mol. The fourth-order valence-electron chi connectivity index (χ4n) is 2.95. The monoisotopic (exact) mass is 392 g/mol. The van der Waals surface area contributed by atoms with Crippen molar-refractivity contribution >= 4 is 21.7 Å². The van der Waals surface area contributed by atoms with Crippen molar-refractivity contribution < 1.29 is 21.1 Å². The van der Waals surface area contributed by atoms with Crippen LogP contribution in [0.1, 0.15) is 38.5 Å². The zero-order valence-electron chi connectivity index (χ0n) is 12.6. The quantitative estimate of drug-likeness (QED) is 0.330. The van der Waals surface area contributed by atoms with Crippen LogP contribution in [0.3, 0.4) is 0 Å². The third kappa shape index (κ3) is 5.62. The molecule has 1 saturated carbocycles. The molecule has 1 saturated heterocycles. The fourth-order valence-corrected chi connectivity index (χ4v) is 3.53. The van der Waals surface area contributed by atoms with Gasteiger partial charge in [-0.2, -0.15) is 0 Å². The second-order valence-electron chi connectivity index (χ2n) is 6.77. The Balaban J connectivity index is 0.000000861. The molecule has 0 radical (unpaired) electrons. The summed E-state index contributed by atoms with van der Waals surface area (Å²) in [7, 11) is -1.28. The van der Waals surface area contributed by atoms with Crippen molar-refractivity contribution in [3.63, 3.8) is 0 Å². The van der Waals surface area contributed by atoms with E-state index in [0.717, 1.165) is 6.42 Å². The summed E-state index contributed by atoms with van der Waals surface area (Å²) in [6.07, 6.45) is 7.69. The Bertz CT molecular complexity index is 336. The van der Waals surface area contributed by atoms with Crippen LogP contribution in [0.15, 0.2) is 0 Å². The first-order chi connectivity index (χ1) is 8.90. The van der Waals surface area contributed by atoms with E-state index in [1.54, 1.807) is 0 Å². The van der Waals surface area contributed by atoms with E-state index < -0.39 is 8.07 Å². The Morgan fingerprint density at radius 1 is 1.21 bits per heavy atom. The van der Waals surface area contributed by atoms with Crippen LogP contribution >= 0.6 is 13.6 Å². The molecule has 1 aliphatic carbocycles. The fraction of sp³-hybridized carbons (Fsp3) is 0.800. The van der Waals surface area contributed by atoms with Crippen LogP contribution in [-0.2, 0) is 21.1 Å². The molecule has 2 fully saturated rings. The molecule has 104 valence electrons. The molecule has 0 aromatic carbocycles. The molecule has 2 aliphatic rings. The SMILES string of the molecule is [CH2-][C@@H]1CC2(CCCCC2)O[C@@H]1C#C[Si](C)(C)C.[Zn+][Br]. The van der Waals surface area contributed by atoms with Gasteiger partial charge < -0.3 is 11.7 Å². The van der Waals surface area contributed by atoms with Crippen LogP contribution in [0.4, 0.5) is 0 Å².